The molecule has 0 fully saturated rings. The van der Waals surface area contributed by atoms with Crippen molar-refractivity contribution >= 4 is 45.7 Å². The van der Waals surface area contributed by atoms with Gasteiger partial charge in [-0.15, -0.1) is 0 Å². The van der Waals surface area contributed by atoms with E-state index >= 15 is 0 Å². The quantitative estimate of drug-likeness (QED) is 0.252. The van der Waals surface area contributed by atoms with Gasteiger partial charge in [0.1, 0.15) is 5.75 Å². The molecule has 2 heterocycles. The van der Waals surface area contributed by atoms with E-state index in [0.717, 1.165) is 16.8 Å². The lowest BCUT2D eigenvalue weighted by Crippen LogP contribution is -2.58. The Labute approximate surface area is 180 Å². The number of hydrogen-bond acceptors (Lipinski definition) is 6. The Morgan fingerprint density at radius 1 is 1.10 bits per heavy atom. The molecule has 0 aromatic heterocycles. The van der Waals surface area contributed by atoms with Crippen LogP contribution in [0.15, 0.2) is 36.4 Å². The monoisotopic (exact) mass is 507 g/mol. The zero-order chi connectivity index (χ0) is 21.1. The first kappa shape index (κ1) is 19.6. The molecular formula is C20H18IN3O5. The standard InChI is InChI=1S/C20H18IN3O5/c1-19(2)16-10-14(23(25)26)4-5-17(16)22(3)20(19)7-6-12-8-15(24(27)28)9-13(11-21)18(12)29-20/h4-10H,11H2,1-3H3. The number of nitrogens with zero attached hydrogens (tertiary/aromatic N) is 3. The molecule has 2 aromatic carbocycles. The van der Waals surface area contributed by atoms with Crippen LogP contribution in [0.25, 0.3) is 6.08 Å². The van der Waals surface area contributed by atoms with Gasteiger partial charge in [-0.05, 0) is 37.6 Å². The lowest BCUT2D eigenvalue weighted by atomic mass is 9.76. The summed E-state index contributed by atoms with van der Waals surface area (Å²) in [5, 5.41) is 22.6. The molecule has 1 spiro atoms. The fourth-order valence-corrected chi connectivity index (χ4v) is 4.85. The third-order valence-corrected chi connectivity index (χ3v) is 6.72. The third-order valence-electron chi connectivity index (χ3n) is 5.90. The molecule has 0 aliphatic carbocycles. The molecule has 29 heavy (non-hydrogen) atoms. The first-order valence-electron chi connectivity index (χ1n) is 8.90. The highest BCUT2D eigenvalue weighted by molar-refractivity contribution is 14.1. The smallest absolute Gasteiger partial charge is 0.270 e. The number of benzene rings is 2. The SMILES string of the molecule is CN1c2ccc([N+](=O)[O-])cc2C(C)(C)C12C=Cc1cc([N+](=O)[O-])cc(CI)c1O2. The van der Waals surface area contributed by atoms with Gasteiger partial charge in [0.25, 0.3) is 11.4 Å². The average Bonchev–Trinajstić information content (AvgIpc) is 2.85. The molecule has 9 heteroatoms. The van der Waals surface area contributed by atoms with Crippen molar-refractivity contribution in [2.45, 2.75) is 29.4 Å². The Hall–Kier alpha value is -2.69. The predicted octanol–water partition coefficient (Wildman–Crippen LogP) is 4.97. The van der Waals surface area contributed by atoms with Gasteiger partial charge in [0.2, 0.25) is 5.72 Å². The molecule has 0 saturated heterocycles. The Bertz CT molecular complexity index is 1100. The van der Waals surface area contributed by atoms with Gasteiger partial charge in [-0.2, -0.15) is 0 Å². The van der Waals surface area contributed by atoms with E-state index in [9.17, 15) is 20.2 Å². The van der Waals surface area contributed by atoms with E-state index in [-0.39, 0.29) is 11.4 Å². The van der Waals surface area contributed by atoms with Crippen molar-refractivity contribution in [3.05, 3.63) is 73.3 Å². The van der Waals surface area contributed by atoms with Crippen LogP contribution in [-0.2, 0) is 9.84 Å². The molecule has 8 nitrogen and oxygen atoms in total. The van der Waals surface area contributed by atoms with E-state index in [2.05, 4.69) is 22.6 Å². The van der Waals surface area contributed by atoms with Crippen molar-refractivity contribution in [2.24, 2.45) is 0 Å². The molecule has 0 bridgehead atoms. The normalized spacial score (nSPS) is 20.9. The van der Waals surface area contributed by atoms with E-state index in [1.165, 1.54) is 18.2 Å². The van der Waals surface area contributed by atoms with Gasteiger partial charge in [0.15, 0.2) is 0 Å². The molecule has 1 atom stereocenters. The number of hydrogen-bond donors (Lipinski definition) is 0. The van der Waals surface area contributed by atoms with Crippen molar-refractivity contribution in [1.29, 1.82) is 0 Å². The van der Waals surface area contributed by atoms with E-state index in [1.807, 2.05) is 37.9 Å². The highest BCUT2D eigenvalue weighted by Gasteiger charge is 2.58. The molecule has 2 aromatic rings. The minimum Gasteiger partial charge on any atom is -0.462 e. The summed E-state index contributed by atoms with van der Waals surface area (Å²) in [6.07, 6.45) is 3.74. The Morgan fingerprint density at radius 2 is 1.79 bits per heavy atom. The molecule has 0 saturated carbocycles. The Balaban J connectivity index is 1.88. The molecule has 2 aliphatic rings. The van der Waals surface area contributed by atoms with Crippen LogP contribution < -0.4 is 9.64 Å². The van der Waals surface area contributed by atoms with Crippen LogP contribution in [0.5, 0.6) is 5.75 Å². The number of ether oxygens (including phenoxy) is 1. The van der Waals surface area contributed by atoms with Crippen LogP contribution in [0.4, 0.5) is 17.1 Å². The van der Waals surface area contributed by atoms with Crippen molar-refractivity contribution in [3.63, 3.8) is 0 Å². The first-order chi connectivity index (χ1) is 13.6. The summed E-state index contributed by atoms with van der Waals surface area (Å²) >= 11 is 2.16. The minimum atomic E-state index is -0.908. The van der Waals surface area contributed by atoms with Gasteiger partial charge in [-0.1, -0.05) is 22.6 Å². The van der Waals surface area contributed by atoms with Crippen molar-refractivity contribution in [1.82, 2.24) is 0 Å². The van der Waals surface area contributed by atoms with Gasteiger partial charge >= 0.3 is 0 Å². The van der Waals surface area contributed by atoms with Gasteiger partial charge in [-0.25, -0.2) is 0 Å². The van der Waals surface area contributed by atoms with Gasteiger partial charge in [0, 0.05) is 52.6 Å². The maximum atomic E-state index is 11.3. The lowest BCUT2D eigenvalue weighted by molar-refractivity contribution is -0.385. The summed E-state index contributed by atoms with van der Waals surface area (Å²) in [5.74, 6) is 0.606. The van der Waals surface area contributed by atoms with Gasteiger partial charge < -0.3 is 9.64 Å². The second-order valence-electron chi connectivity index (χ2n) is 7.69. The Kier molecular flexibility index (Phi) is 4.34. The van der Waals surface area contributed by atoms with E-state index in [1.54, 1.807) is 12.1 Å². The van der Waals surface area contributed by atoms with Crippen LogP contribution >= 0.6 is 22.6 Å². The molecule has 150 valence electrons. The zero-order valence-electron chi connectivity index (χ0n) is 16.0. The first-order valence-corrected chi connectivity index (χ1v) is 10.4. The topological polar surface area (TPSA) is 98.8 Å². The molecular weight excluding hydrogens is 489 g/mol. The maximum Gasteiger partial charge on any atom is 0.270 e. The predicted molar refractivity (Wildman–Crippen MR) is 118 cm³/mol. The number of likely N-dealkylation sites (N-methyl/N-ethyl adjacent to an activating group) is 1. The number of halogens is 1. The van der Waals surface area contributed by atoms with Crippen LogP contribution in [-0.4, -0.2) is 22.6 Å². The Morgan fingerprint density at radius 3 is 2.41 bits per heavy atom. The second kappa shape index (κ2) is 6.41. The number of anilines is 1. The summed E-state index contributed by atoms with van der Waals surface area (Å²) in [6, 6.07) is 7.88. The zero-order valence-corrected chi connectivity index (χ0v) is 18.2. The third kappa shape index (κ3) is 2.63. The minimum absolute atomic E-state index is 0.0255. The van der Waals surface area contributed by atoms with E-state index in [4.69, 9.17) is 4.74 Å². The number of rotatable bonds is 3. The molecule has 2 aliphatic heterocycles. The van der Waals surface area contributed by atoms with Crippen LogP contribution in [0.3, 0.4) is 0 Å². The summed E-state index contributed by atoms with van der Waals surface area (Å²) in [4.78, 5) is 23.7. The number of non-ortho nitro benzene ring substituents is 2. The van der Waals surface area contributed by atoms with Gasteiger partial charge in [0.05, 0.1) is 15.3 Å². The summed E-state index contributed by atoms with van der Waals surface area (Å²) < 4.78 is 7.14. The number of alkyl halides is 1. The fraction of sp³-hybridized carbons (Fsp3) is 0.300. The number of fused-ring (bicyclic) bond motifs is 2. The summed E-state index contributed by atoms with van der Waals surface area (Å²) in [5.41, 5.74) is 1.61. The molecule has 0 amide bonds. The molecule has 0 N–H and O–H groups in total. The number of nitro groups is 2. The van der Waals surface area contributed by atoms with Crippen molar-refractivity contribution in [2.75, 3.05) is 11.9 Å². The lowest BCUT2D eigenvalue weighted by Gasteiger charge is -2.46. The fourth-order valence-electron chi connectivity index (χ4n) is 4.28. The van der Waals surface area contributed by atoms with Gasteiger partial charge in [-0.3, -0.25) is 20.2 Å². The van der Waals surface area contributed by atoms with E-state index < -0.39 is 21.0 Å². The van der Waals surface area contributed by atoms with Crippen LogP contribution in [0.2, 0.25) is 0 Å². The van der Waals surface area contributed by atoms with Crippen LogP contribution in [0, 0.1) is 20.2 Å². The van der Waals surface area contributed by atoms with Crippen molar-refractivity contribution in [3.8, 4) is 5.75 Å². The second-order valence-corrected chi connectivity index (χ2v) is 8.45. The highest BCUT2D eigenvalue weighted by Crippen LogP contribution is 2.55. The highest BCUT2D eigenvalue weighted by atomic mass is 127. The molecule has 1 unspecified atom stereocenters. The summed E-state index contributed by atoms with van der Waals surface area (Å²) in [6.45, 7) is 3.98. The number of nitro benzene ring substituents is 2. The maximum absolute atomic E-state index is 11.3. The summed E-state index contributed by atoms with van der Waals surface area (Å²) in [7, 11) is 1.89. The molecule has 4 rings (SSSR count). The molecule has 0 radical (unpaired) electrons. The largest absolute Gasteiger partial charge is 0.462 e. The van der Waals surface area contributed by atoms with E-state index in [0.29, 0.717) is 15.7 Å². The van der Waals surface area contributed by atoms with Crippen molar-refractivity contribution < 1.29 is 14.6 Å². The average molecular weight is 507 g/mol. The van der Waals surface area contributed by atoms with Crippen LogP contribution in [0.1, 0.15) is 30.5 Å².